The molecular weight excluding hydrogens is 697 g/mol. The van der Waals surface area contributed by atoms with Crippen molar-refractivity contribution in [2.75, 3.05) is 51.0 Å². The lowest BCUT2D eigenvalue weighted by Gasteiger charge is -2.50. The smallest absolute Gasteiger partial charge is 0.264 e. The maximum Gasteiger partial charge on any atom is 0.264 e. The van der Waals surface area contributed by atoms with Crippen LogP contribution < -0.4 is 14.4 Å². The van der Waals surface area contributed by atoms with Crippen molar-refractivity contribution >= 4 is 39.1 Å². The third-order valence-electron chi connectivity index (χ3n) is 11.9. The highest BCUT2D eigenvalue weighted by molar-refractivity contribution is 7.90. The highest BCUT2D eigenvalue weighted by Gasteiger charge is 2.52. The van der Waals surface area contributed by atoms with Crippen LogP contribution in [0.5, 0.6) is 5.75 Å². The zero-order chi connectivity index (χ0) is 35.9. The first-order valence-corrected chi connectivity index (χ1v) is 20.1. The Hall–Kier alpha value is -3.19. The van der Waals surface area contributed by atoms with Crippen LogP contribution in [0.3, 0.4) is 0 Å². The Morgan fingerprint density at radius 1 is 1.12 bits per heavy atom. The lowest BCUT2D eigenvalue weighted by Crippen LogP contribution is -2.52. The minimum Gasteiger partial charge on any atom is -0.491 e. The quantitative estimate of drug-likeness (QED) is 0.410. The summed E-state index contributed by atoms with van der Waals surface area (Å²) in [5.41, 5.74) is 1.39. The van der Waals surface area contributed by atoms with E-state index in [0.29, 0.717) is 88.7 Å². The van der Waals surface area contributed by atoms with Gasteiger partial charge in [0.05, 0.1) is 41.4 Å². The van der Waals surface area contributed by atoms with Crippen molar-refractivity contribution < 1.29 is 36.6 Å². The number of carbonyl (C=O) groups is 2. The van der Waals surface area contributed by atoms with E-state index in [1.165, 1.54) is 0 Å². The van der Waals surface area contributed by atoms with E-state index in [0.717, 1.165) is 18.4 Å². The summed E-state index contributed by atoms with van der Waals surface area (Å²) in [6.07, 6.45) is 8.30. The summed E-state index contributed by atoms with van der Waals surface area (Å²) in [5.74, 6) is -1.02. The van der Waals surface area contributed by atoms with Crippen molar-refractivity contribution in [1.29, 1.82) is 0 Å². The van der Waals surface area contributed by atoms with Gasteiger partial charge in [-0.1, -0.05) is 36.7 Å². The number of ether oxygens (including phenoxy) is 3. The number of rotatable bonds is 3. The Morgan fingerprint density at radius 2 is 1.92 bits per heavy atom. The van der Waals surface area contributed by atoms with Gasteiger partial charge in [-0.2, -0.15) is 0 Å². The van der Waals surface area contributed by atoms with Gasteiger partial charge in [-0.25, -0.2) is 17.5 Å². The molecule has 0 spiro atoms. The molecule has 10 nitrogen and oxygen atoms in total. The van der Waals surface area contributed by atoms with E-state index in [4.69, 9.17) is 25.8 Å². The second-order valence-electron chi connectivity index (χ2n) is 14.8. The van der Waals surface area contributed by atoms with Gasteiger partial charge in [0.25, 0.3) is 5.91 Å². The molecule has 2 amide bonds. The number of fused-ring (bicyclic) bond motifs is 6. The minimum atomic E-state index is -4.08. The molecule has 2 aliphatic carbocycles. The van der Waals surface area contributed by atoms with E-state index in [-0.39, 0.29) is 46.8 Å². The minimum absolute atomic E-state index is 0.0346. The first-order chi connectivity index (χ1) is 24.5. The third-order valence-corrected chi connectivity index (χ3v) is 14.1. The van der Waals surface area contributed by atoms with E-state index in [2.05, 4.69) is 15.7 Å². The number of anilines is 1. The average Bonchev–Trinajstić information content (AvgIpc) is 3.53. The molecule has 2 aromatic carbocycles. The molecule has 4 bridgehead atoms. The third kappa shape index (κ3) is 7.26. The van der Waals surface area contributed by atoms with E-state index in [1.54, 1.807) is 36.1 Å². The molecule has 6 atom stereocenters. The van der Waals surface area contributed by atoms with E-state index in [1.807, 2.05) is 19.1 Å². The fourth-order valence-electron chi connectivity index (χ4n) is 8.49. The van der Waals surface area contributed by atoms with Crippen LogP contribution >= 0.6 is 11.6 Å². The molecule has 51 heavy (non-hydrogen) atoms. The average molecular weight is 744 g/mol. The van der Waals surface area contributed by atoms with Crippen LogP contribution in [-0.4, -0.2) is 82.0 Å². The summed E-state index contributed by atoms with van der Waals surface area (Å²) in [7, 11) is -4.08. The van der Waals surface area contributed by atoms with Gasteiger partial charge in [0.15, 0.2) is 0 Å². The molecule has 276 valence electrons. The van der Waals surface area contributed by atoms with Crippen LogP contribution in [0.25, 0.3) is 0 Å². The number of benzene rings is 2. The van der Waals surface area contributed by atoms with Crippen LogP contribution in [0.2, 0.25) is 5.02 Å². The van der Waals surface area contributed by atoms with E-state index >= 15 is 4.39 Å². The summed E-state index contributed by atoms with van der Waals surface area (Å²) in [6.45, 7) is 6.72. The Labute approximate surface area is 304 Å². The first kappa shape index (κ1) is 36.2. The SMILES string of the molecule is C[C@@H]1[C@@H](C)S(=O)(=O)NC(=O)c2ccc3c(c2)N(Cc2ccc(Cl)c(F)c2CCCCO3)C[C@@H]2CC[C@H]2C2(OCC(=O)N3CCOCC3)C=C[C@H]1C2. The van der Waals surface area contributed by atoms with Crippen molar-refractivity contribution in [2.24, 2.45) is 23.7 Å². The molecule has 2 aromatic rings. The molecule has 1 saturated heterocycles. The van der Waals surface area contributed by atoms with Gasteiger partial charge in [0.1, 0.15) is 18.2 Å². The number of nitrogens with zero attached hydrogens (tertiary/aromatic N) is 2. The number of halogens is 2. The fraction of sp³-hybridized carbons (Fsp3) is 0.579. The Bertz CT molecular complexity index is 1800. The van der Waals surface area contributed by atoms with Crippen molar-refractivity contribution in [2.45, 2.75) is 69.8 Å². The van der Waals surface area contributed by atoms with Gasteiger partial charge in [0, 0.05) is 31.7 Å². The molecule has 1 N–H and O–H groups in total. The normalized spacial score (nSPS) is 30.7. The van der Waals surface area contributed by atoms with Crippen LogP contribution in [0.1, 0.15) is 67.4 Å². The largest absolute Gasteiger partial charge is 0.491 e. The Morgan fingerprint density at radius 3 is 2.69 bits per heavy atom. The van der Waals surface area contributed by atoms with Gasteiger partial charge >= 0.3 is 0 Å². The molecule has 3 heterocycles. The van der Waals surface area contributed by atoms with Crippen LogP contribution in [0.4, 0.5) is 10.1 Å². The standard InChI is InChI=1S/C38H47ClFN3O7S/c1-24-25(2)51(46,47)41-37(45)26-8-11-34-33(19-26)43(21-28-7-10-32(39)36(40)30(28)5-3-4-16-49-34)22-29-6-9-31(29)38(13-12-27(24)20-38)50-23-35(44)42-14-17-48-18-15-42/h7-8,10-13,19,24-25,27,29,31H,3-6,9,14-18,20-23H2,1-2H3,(H,41,45)/t24-,25-,27+,29+,31-,38?/m1/s1. The van der Waals surface area contributed by atoms with Crippen molar-refractivity contribution in [3.8, 4) is 5.75 Å². The highest BCUT2D eigenvalue weighted by atomic mass is 35.5. The summed E-state index contributed by atoms with van der Waals surface area (Å²) in [5, 5.41) is -0.809. The molecule has 13 heteroatoms. The number of carbonyl (C=O) groups excluding carboxylic acids is 2. The van der Waals surface area contributed by atoms with Gasteiger partial charge < -0.3 is 24.0 Å². The van der Waals surface area contributed by atoms with Gasteiger partial charge in [0.2, 0.25) is 15.9 Å². The van der Waals surface area contributed by atoms with Gasteiger partial charge in [-0.3, -0.25) is 9.59 Å². The Balaban J connectivity index is 1.30. The van der Waals surface area contributed by atoms with Crippen LogP contribution in [0.15, 0.2) is 42.5 Å². The fourth-order valence-corrected chi connectivity index (χ4v) is 9.99. The molecule has 7 rings (SSSR count). The van der Waals surface area contributed by atoms with Crippen molar-refractivity contribution in [3.63, 3.8) is 0 Å². The number of amides is 2. The predicted molar refractivity (Wildman–Crippen MR) is 192 cm³/mol. The molecule has 1 saturated carbocycles. The number of nitrogens with one attached hydrogen (secondary N) is 1. The molecule has 0 aromatic heterocycles. The van der Waals surface area contributed by atoms with Crippen LogP contribution in [-0.2, 0) is 37.3 Å². The molecule has 2 fully saturated rings. The first-order valence-electron chi connectivity index (χ1n) is 18.2. The number of morpholine rings is 1. The van der Waals surface area contributed by atoms with Crippen molar-refractivity contribution in [3.05, 3.63) is 70.0 Å². The zero-order valence-corrected chi connectivity index (χ0v) is 30.8. The lowest BCUT2D eigenvalue weighted by atomic mass is 9.63. The van der Waals surface area contributed by atoms with E-state index < -0.39 is 32.6 Å². The topological polar surface area (TPSA) is 114 Å². The summed E-state index contributed by atoms with van der Waals surface area (Å²) in [6, 6.07) is 8.45. The molecule has 1 unspecified atom stereocenters. The van der Waals surface area contributed by atoms with Gasteiger partial charge in [-0.15, -0.1) is 0 Å². The number of hydrogen-bond acceptors (Lipinski definition) is 8. The van der Waals surface area contributed by atoms with E-state index in [9.17, 15) is 18.0 Å². The maximum absolute atomic E-state index is 15.6. The highest BCUT2D eigenvalue weighted by Crippen LogP contribution is 2.52. The molecule has 0 radical (unpaired) electrons. The maximum atomic E-state index is 15.6. The summed E-state index contributed by atoms with van der Waals surface area (Å²) in [4.78, 5) is 30.9. The molecule has 3 aliphatic heterocycles. The lowest BCUT2D eigenvalue weighted by molar-refractivity contribution is -0.154. The van der Waals surface area contributed by atoms with Crippen molar-refractivity contribution in [1.82, 2.24) is 9.62 Å². The predicted octanol–water partition coefficient (Wildman–Crippen LogP) is 5.52. The zero-order valence-electron chi connectivity index (χ0n) is 29.2. The second kappa shape index (κ2) is 14.7. The second-order valence-corrected chi connectivity index (χ2v) is 17.3. The Kier molecular flexibility index (Phi) is 10.4. The molecular formula is C38H47ClFN3O7S. The molecule has 5 aliphatic rings. The summed E-state index contributed by atoms with van der Waals surface area (Å²) < 4.78 is 63.8. The number of hydrogen-bond donors (Lipinski definition) is 1. The van der Waals surface area contributed by atoms with Crippen LogP contribution in [0, 0.1) is 29.5 Å². The van der Waals surface area contributed by atoms with Gasteiger partial charge in [-0.05, 0) is 105 Å². The number of sulfonamides is 1. The summed E-state index contributed by atoms with van der Waals surface area (Å²) >= 11 is 6.27. The number of allylic oxidation sites excluding steroid dienone is 1. The monoisotopic (exact) mass is 743 g/mol.